The summed E-state index contributed by atoms with van der Waals surface area (Å²) in [5, 5.41) is 18.5. The summed E-state index contributed by atoms with van der Waals surface area (Å²) in [6, 6.07) is 16.1. The van der Waals surface area contributed by atoms with Crippen molar-refractivity contribution in [2.24, 2.45) is 0 Å². The van der Waals surface area contributed by atoms with E-state index < -0.39 is 0 Å². The highest BCUT2D eigenvalue weighted by Gasteiger charge is 2.14. The molecule has 0 saturated heterocycles. The molecule has 0 bridgehead atoms. The lowest BCUT2D eigenvalue weighted by Crippen LogP contribution is -2.30. The molecule has 0 unspecified atom stereocenters. The summed E-state index contributed by atoms with van der Waals surface area (Å²) < 4.78 is 5.92. The Balaban J connectivity index is 2.19. The maximum absolute atomic E-state index is 9.27. The lowest BCUT2D eigenvalue weighted by Gasteiger charge is -2.27. The second-order valence-electron chi connectivity index (χ2n) is 6.08. The smallest absolute Gasteiger partial charge is 0.120 e. The van der Waals surface area contributed by atoms with Crippen LogP contribution in [0.5, 0.6) is 5.75 Å². The highest BCUT2D eigenvalue weighted by atomic mass is 16.5. The van der Waals surface area contributed by atoms with Crippen molar-refractivity contribution in [3.8, 4) is 5.75 Å². The van der Waals surface area contributed by atoms with Gasteiger partial charge in [-0.2, -0.15) is 0 Å². The van der Waals surface area contributed by atoms with Crippen molar-refractivity contribution in [2.75, 3.05) is 31.2 Å². The molecule has 0 aromatic heterocycles. The molecule has 0 aliphatic rings. The monoisotopic (exact) mass is 329 g/mol. The molecule has 2 rings (SSSR count). The van der Waals surface area contributed by atoms with Crippen LogP contribution in [0, 0.1) is 0 Å². The molecule has 0 fully saturated rings. The van der Waals surface area contributed by atoms with Gasteiger partial charge >= 0.3 is 0 Å². The van der Waals surface area contributed by atoms with E-state index in [1.807, 2.05) is 47.4 Å². The number of rotatable bonds is 9. The molecule has 4 nitrogen and oxygen atoms in total. The van der Waals surface area contributed by atoms with Crippen LogP contribution in [0.1, 0.15) is 30.9 Å². The SMILES string of the molecule is CC(C)c1cc(OCc2ccccc2)ccc1N(CCO)CCO. The zero-order chi connectivity index (χ0) is 17.4. The summed E-state index contributed by atoms with van der Waals surface area (Å²) in [7, 11) is 0. The third-order valence-corrected chi connectivity index (χ3v) is 3.95. The molecule has 4 heteroatoms. The molecule has 130 valence electrons. The molecule has 24 heavy (non-hydrogen) atoms. The summed E-state index contributed by atoms with van der Waals surface area (Å²) in [6.45, 7) is 5.93. The van der Waals surface area contributed by atoms with E-state index in [2.05, 4.69) is 19.9 Å². The van der Waals surface area contributed by atoms with Crippen LogP contribution in [-0.4, -0.2) is 36.5 Å². The summed E-state index contributed by atoms with van der Waals surface area (Å²) >= 11 is 0. The largest absolute Gasteiger partial charge is 0.489 e. The normalized spacial score (nSPS) is 10.9. The number of ether oxygens (including phenoxy) is 1. The minimum atomic E-state index is 0.0593. The molecule has 0 atom stereocenters. The molecule has 0 heterocycles. The summed E-state index contributed by atoms with van der Waals surface area (Å²) in [5.74, 6) is 1.15. The highest BCUT2D eigenvalue weighted by Crippen LogP contribution is 2.31. The van der Waals surface area contributed by atoms with Gasteiger partial charge in [-0.3, -0.25) is 0 Å². The van der Waals surface area contributed by atoms with E-state index in [4.69, 9.17) is 4.74 Å². The van der Waals surface area contributed by atoms with Crippen LogP contribution in [0.3, 0.4) is 0 Å². The second-order valence-corrected chi connectivity index (χ2v) is 6.08. The molecule has 0 aliphatic heterocycles. The van der Waals surface area contributed by atoms with Crippen molar-refractivity contribution in [1.29, 1.82) is 0 Å². The van der Waals surface area contributed by atoms with Crippen LogP contribution < -0.4 is 9.64 Å². The summed E-state index contributed by atoms with van der Waals surface area (Å²) in [6.07, 6.45) is 0. The van der Waals surface area contributed by atoms with Gasteiger partial charge in [-0.25, -0.2) is 0 Å². The number of nitrogens with zero attached hydrogens (tertiary/aromatic N) is 1. The van der Waals surface area contributed by atoms with Crippen molar-refractivity contribution < 1.29 is 14.9 Å². The van der Waals surface area contributed by atoms with Gasteiger partial charge in [0.15, 0.2) is 0 Å². The Hall–Kier alpha value is -2.04. The molecular formula is C20H27NO3. The fraction of sp³-hybridized carbons (Fsp3) is 0.400. The van der Waals surface area contributed by atoms with Crippen molar-refractivity contribution in [3.63, 3.8) is 0 Å². The average molecular weight is 329 g/mol. The first-order chi connectivity index (χ1) is 11.7. The minimum Gasteiger partial charge on any atom is -0.489 e. The third-order valence-electron chi connectivity index (χ3n) is 3.95. The molecule has 0 radical (unpaired) electrons. The predicted molar refractivity (Wildman–Crippen MR) is 97.7 cm³/mol. The van der Waals surface area contributed by atoms with Crippen LogP contribution in [-0.2, 0) is 6.61 Å². The Morgan fingerprint density at radius 2 is 1.62 bits per heavy atom. The number of hydrogen-bond donors (Lipinski definition) is 2. The number of aliphatic hydroxyl groups excluding tert-OH is 2. The first-order valence-electron chi connectivity index (χ1n) is 8.43. The van der Waals surface area contributed by atoms with Crippen LogP contribution in [0.25, 0.3) is 0 Å². The number of benzene rings is 2. The lowest BCUT2D eigenvalue weighted by atomic mass is 10.00. The molecule has 2 N–H and O–H groups in total. The van der Waals surface area contributed by atoms with Gasteiger partial charge in [0.05, 0.1) is 13.2 Å². The first-order valence-corrected chi connectivity index (χ1v) is 8.43. The first kappa shape index (κ1) is 18.3. The highest BCUT2D eigenvalue weighted by molar-refractivity contribution is 5.57. The van der Waals surface area contributed by atoms with E-state index in [0.717, 1.165) is 22.6 Å². The molecule has 2 aromatic carbocycles. The molecular weight excluding hydrogens is 302 g/mol. The molecule has 0 spiro atoms. The van der Waals surface area contributed by atoms with Crippen molar-refractivity contribution in [2.45, 2.75) is 26.4 Å². The Morgan fingerprint density at radius 1 is 0.958 bits per heavy atom. The topological polar surface area (TPSA) is 52.9 Å². The van der Waals surface area contributed by atoms with E-state index in [1.165, 1.54) is 0 Å². The lowest BCUT2D eigenvalue weighted by molar-refractivity contribution is 0.281. The quantitative estimate of drug-likeness (QED) is 0.742. The Kier molecular flexibility index (Phi) is 7.09. The number of aliphatic hydroxyl groups is 2. The standard InChI is InChI=1S/C20H27NO3/c1-16(2)19-14-18(24-15-17-6-4-3-5-7-17)8-9-20(19)21(10-12-22)11-13-23/h3-9,14,16,22-23H,10-13,15H2,1-2H3. The number of anilines is 1. The van der Waals surface area contributed by atoms with Crippen LogP contribution in [0.4, 0.5) is 5.69 Å². The van der Waals surface area contributed by atoms with Gasteiger partial charge in [0.1, 0.15) is 12.4 Å². The Bertz CT molecular complexity index is 608. The van der Waals surface area contributed by atoms with Gasteiger partial charge in [-0.1, -0.05) is 44.2 Å². The second kappa shape index (κ2) is 9.30. The van der Waals surface area contributed by atoms with Gasteiger partial charge in [0.25, 0.3) is 0 Å². The van der Waals surface area contributed by atoms with Crippen molar-refractivity contribution in [3.05, 3.63) is 59.7 Å². The van der Waals surface area contributed by atoms with Crippen molar-refractivity contribution in [1.82, 2.24) is 0 Å². The van der Waals surface area contributed by atoms with E-state index in [0.29, 0.717) is 25.6 Å². The fourth-order valence-corrected chi connectivity index (χ4v) is 2.71. The van der Waals surface area contributed by atoms with E-state index in [1.54, 1.807) is 0 Å². The van der Waals surface area contributed by atoms with Gasteiger partial charge in [-0.15, -0.1) is 0 Å². The summed E-state index contributed by atoms with van der Waals surface area (Å²) in [5.41, 5.74) is 3.33. The van der Waals surface area contributed by atoms with Gasteiger partial charge in [0, 0.05) is 18.8 Å². The summed E-state index contributed by atoms with van der Waals surface area (Å²) in [4.78, 5) is 2.01. The fourth-order valence-electron chi connectivity index (χ4n) is 2.71. The zero-order valence-corrected chi connectivity index (χ0v) is 14.5. The maximum Gasteiger partial charge on any atom is 0.120 e. The van der Waals surface area contributed by atoms with Crippen LogP contribution >= 0.6 is 0 Å². The average Bonchev–Trinajstić information content (AvgIpc) is 2.60. The minimum absolute atomic E-state index is 0.0593. The molecule has 0 amide bonds. The number of hydrogen-bond acceptors (Lipinski definition) is 4. The van der Waals surface area contributed by atoms with Gasteiger partial charge in [0.2, 0.25) is 0 Å². The molecule has 0 aliphatic carbocycles. The van der Waals surface area contributed by atoms with Crippen LogP contribution in [0.15, 0.2) is 48.5 Å². The molecule has 0 saturated carbocycles. The van der Waals surface area contributed by atoms with Crippen LogP contribution in [0.2, 0.25) is 0 Å². The van der Waals surface area contributed by atoms with Gasteiger partial charge < -0.3 is 19.8 Å². The zero-order valence-electron chi connectivity index (χ0n) is 14.5. The predicted octanol–water partition coefficient (Wildman–Crippen LogP) is 3.18. The van der Waals surface area contributed by atoms with Crippen molar-refractivity contribution >= 4 is 5.69 Å². The van der Waals surface area contributed by atoms with Gasteiger partial charge in [-0.05, 0) is 35.2 Å². The van der Waals surface area contributed by atoms with E-state index >= 15 is 0 Å². The molecule has 2 aromatic rings. The van der Waals surface area contributed by atoms with E-state index in [9.17, 15) is 10.2 Å². The Labute approximate surface area is 144 Å². The van der Waals surface area contributed by atoms with E-state index in [-0.39, 0.29) is 13.2 Å². The Morgan fingerprint density at radius 3 is 2.21 bits per heavy atom. The maximum atomic E-state index is 9.27. The third kappa shape index (κ3) is 4.98.